The van der Waals surface area contributed by atoms with Crippen molar-refractivity contribution in [2.45, 2.75) is 19.1 Å². The van der Waals surface area contributed by atoms with Crippen molar-refractivity contribution >= 4 is 5.97 Å². The van der Waals surface area contributed by atoms with E-state index in [2.05, 4.69) is 4.90 Å². The fourth-order valence-corrected chi connectivity index (χ4v) is 3.07. The van der Waals surface area contributed by atoms with Gasteiger partial charge in [-0.05, 0) is 11.1 Å². The number of carbonyl (C=O) groups excluding carboxylic acids is 1. The zero-order valence-corrected chi connectivity index (χ0v) is 16.7. The molecule has 1 atom stereocenters. The third-order valence-corrected chi connectivity index (χ3v) is 4.47. The second-order valence-corrected chi connectivity index (χ2v) is 6.69. The Balaban J connectivity index is 0.00000280. The molecule has 0 saturated carbocycles. The molecular formula is C22H27ClNO4-. The van der Waals surface area contributed by atoms with Crippen molar-refractivity contribution < 1.29 is 31.4 Å². The standard InChI is InChI=1S/C22H27NO4.ClH/c24-22(15-19-7-3-1-4-8-19)27-21(16-23-11-13-25-14-12-23)18-26-17-20-9-5-2-6-10-20;/h1-10,21H,11-18H2;1H/p-1. The van der Waals surface area contributed by atoms with Crippen molar-refractivity contribution in [2.24, 2.45) is 0 Å². The van der Waals surface area contributed by atoms with Gasteiger partial charge in [-0.2, -0.15) is 0 Å². The van der Waals surface area contributed by atoms with Crippen molar-refractivity contribution in [3.05, 3.63) is 71.8 Å². The fourth-order valence-electron chi connectivity index (χ4n) is 3.07. The van der Waals surface area contributed by atoms with Crippen LogP contribution in [0.1, 0.15) is 11.1 Å². The number of hydrogen-bond acceptors (Lipinski definition) is 5. The molecule has 0 N–H and O–H groups in total. The van der Waals surface area contributed by atoms with Gasteiger partial charge in [0.15, 0.2) is 0 Å². The molecule has 1 heterocycles. The Kier molecular flexibility index (Phi) is 10.0. The molecule has 28 heavy (non-hydrogen) atoms. The van der Waals surface area contributed by atoms with Gasteiger partial charge in [0.2, 0.25) is 0 Å². The lowest BCUT2D eigenvalue weighted by Gasteiger charge is -2.30. The number of esters is 1. The quantitative estimate of drug-likeness (QED) is 0.537. The summed E-state index contributed by atoms with van der Waals surface area (Å²) >= 11 is 0. The zero-order chi connectivity index (χ0) is 18.7. The summed E-state index contributed by atoms with van der Waals surface area (Å²) in [5, 5.41) is 0. The Labute approximate surface area is 173 Å². The van der Waals surface area contributed by atoms with E-state index in [1.165, 1.54) is 0 Å². The summed E-state index contributed by atoms with van der Waals surface area (Å²) in [6, 6.07) is 19.7. The summed E-state index contributed by atoms with van der Waals surface area (Å²) in [7, 11) is 0. The highest BCUT2D eigenvalue weighted by Gasteiger charge is 2.20. The average molecular weight is 405 g/mol. The van der Waals surface area contributed by atoms with E-state index < -0.39 is 0 Å². The molecule has 0 radical (unpaired) electrons. The molecule has 2 aromatic carbocycles. The van der Waals surface area contributed by atoms with E-state index in [-0.39, 0.29) is 30.9 Å². The van der Waals surface area contributed by atoms with Gasteiger partial charge in [0.05, 0.1) is 32.8 Å². The van der Waals surface area contributed by atoms with Crippen LogP contribution in [0.3, 0.4) is 0 Å². The second kappa shape index (κ2) is 12.5. The molecule has 1 fully saturated rings. The predicted octanol–water partition coefficient (Wildman–Crippen LogP) is -0.306. The van der Waals surface area contributed by atoms with E-state index in [0.717, 1.165) is 37.4 Å². The van der Waals surface area contributed by atoms with Gasteiger partial charge in [0.1, 0.15) is 6.10 Å². The van der Waals surface area contributed by atoms with Gasteiger partial charge < -0.3 is 26.6 Å². The van der Waals surface area contributed by atoms with Crippen LogP contribution in [0.25, 0.3) is 0 Å². The molecule has 1 saturated heterocycles. The maximum Gasteiger partial charge on any atom is 0.310 e. The molecule has 0 amide bonds. The molecule has 1 unspecified atom stereocenters. The lowest BCUT2D eigenvalue weighted by Crippen LogP contribution is -3.00. The van der Waals surface area contributed by atoms with Crippen LogP contribution in [0.5, 0.6) is 0 Å². The van der Waals surface area contributed by atoms with E-state index in [1.807, 2.05) is 60.7 Å². The zero-order valence-electron chi connectivity index (χ0n) is 16.0. The number of carbonyl (C=O) groups is 1. The topological polar surface area (TPSA) is 48.0 Å². The maximum atomic E-state index is 12.4. The number of nitrogens with zero attached hydrogens (tertiary/aromatic N) is 1. The first-order chi connectivity index (χ1) is 13.3. The summed E-state index contributed by atoms with van der Waals surface area (Å²) in [6.45, 7) is 4.70. The minimum absolute atomic E-state index is 0. The van der Waals surface area contributed by atoms with Crippen LogP contribution in [0.2, 0.25) is 0 Å². The lowest BCUT2D eigenvalue weighted by atomic mass is 10.1. The largest absolute Gasteiger partial charge is 1.00 e. The van der Waals surface area contributed by atoms with Gasteiger partial charge in [-0.25, -0.2) is 0 Å². The van der Waals surface area contributed by atoms with Crippen molar-refractivity contribution in [1.29, 1.82) is 0 Å². The van der Waals surface area contributed by atoms with Crippen molar-refractivity contribution in [1.82, 2.24) is 4.90 Å². The fraction of sp³-hybridized carbons (Fsp3) is 0.409. The van der Waals surface area contributed by atoms with E-state index in [1.54, 1.807) is 0 Å². The number of ether oxygens (including phenoxy) is 3. The van der Waals surface area contributed by atoms with Gasteiger partial charge >= 0.3 is 5.97 Å². The molecule has 0 aliphatic carbocycles. The van der Waals surface area contributed by atoms with Crippen LogP contribution in [-0.4, -0.2) is 56.4 Å². The summed E-state index contributed by atoms with van der Waals surface area (Å²) in [5.74, 6) is -0.220. The van der Waals surface area contributed by atoms with Crippen molar-refractivity contribution in [3.63, 3.8) is 0 Å². The minimum atomic E-state index is -0.289. The number of benzene rings is 2. The van der Waals surface area contributed by atoms with Crippen LogP contribution >= 0.6 is 0 Å². The molecule has 152 valence electrons. The summed E-state index contributed by atoms with van der Waals surface area (Å²) in [4.78, 5) is 14.6. The van der Waals surface area contributed by atoms with E-state index in [9.17, 15) is 4.79 Å². The smallest absolute Gasteiger partial charge is 0.310 e. The van der Waals surface area contributed by atoms with Gasteiger partial charge in [0.25, 0.3) is 0 Å². The van der Waals surface area contributed by atoms with Crippen LogP contribution in [-0.2, 0) is 32.0 Å². The molecule has 6 heteroatoms. The Hall–Kier alpha value is -1.92. The van der Waals surface area contributed by atoms with Crippen molar-refractivity contribution in [3.8, 4) is 0 Å². The highest BCUT2D eigenvalue weighted by atomic mass is 35.5. The number of hydrogen-bond donors (Lipinski definition) is 0. The van der Waals surface area contributed by atoms with Crippen LogP contribution < -0.4 is 12.4 Å². The molecule has 5 nitrogen and oxygen atoms in total. The highest BCUT2D eigenvalue weighted by Crippen LogP contribution is 2.08. The first kappa shape index (κ1) is 22.4. The maximum absolute atomic E-state index is 12.4. The first-order valence-corrected chi connectivity index (χ1v) is 9.45. The van der Waals surface area contributed by atoms with E-state index in [4.69, 9.17) is 14.2 Å². The first-order valence-electron chi connectivity index (χ1n) is 9.45. The molecule has 2 aromatic rings. The monoisotopic (exact) mass is 404 g/mol. The average Bonchev–Trinajstić information content (AvgIpc) is 2.70. The van der Waals surface area contributed by atoms with Crippen LogP contribution in [0, 0.1) is 0 Å². The van der Waals surface area contributed by atoms with Crippen LogP contribution in [0.15, 0.2) is 60.7 Å². The molecule has 1 aliphatic rings. The normalized spacial score (nSPS) is 15.4. The third kappa shape index (κ3) is 7.98. The number of morpholine rings is 1. The van der Waals surface area contributed by atoms with Gasteiger partial charge in [-0.15, -0.1) is 0 Å². The van der Waals surface area contributed by atoms with Gasteiger partial charge in [0, 0.05) is 19.6 Å². The molecule has 0 spiro atoms. The highest BCUT2D eigenvalue weighted by molar-refractivity contribution is 5.72. The van der Waals surface area contributed by atoms with E-state index in [0.29, 0.717) is 19.8 Å². The Morgan fingerprint density at radius 3 is 2.21 bits per heavy atom. The number of halogens is 1. The molecule has 0 bridgehead atoms. The SMILES string of the molecule is O=C(Cc1ccccc1)OC(COCc1ccccc1)CN1CCOCC1.[Cl-]. The summed E-state index contributed by atoms with van der Waals surface area (Å²) < 4.78 is 17.0. The van der Waals surface area contributed by atoms with Crippen molar-refractivity contribution in [2.75, 3.05) is 39.5 Å². The Morgan fingerprint density at radius 1 is 0.964 bits per heavy atom. The van der Waals surface area contributed by atoms with Gasteiger partial charge in [-0.3, -0.25) is 9.69 Å². The number of rotatable bonds is 9. The third-order valence-electron chi connectivity index (χ3n) is 4.47. The van der Waals surface area contributed by atoms with Gasteiger partial charge in [-0.1, -0.05) is 60.7 Å². The molecule has 1 aliphatic heterocycles. The lowest BCUT2D eigenvalue weighted by molar-refractivity contribution is -0.153. The Morgan fingerprint density at radius 2 is 1.57 bits per heavy atom. The molecular weight excluding hydrogens is 378 g/mol. The molecule has 0 aromatic heterocycles. The molecule has 3 rings (SSSR count). The van der Waals surface area contributed by atoms with Crippen LogP contribution in [0.4, 0.5) is 0 Å². The van der Waals surface area contributed by atoms with E-state index >= 15 is 0 Å². The Bertz CT molecular complexity index is 677. The summed E-state index contributed by atoms with van der Waals surface area (Å²) in [6.07, 6.45) is -0.0119. The predicted molar refractivity (Wildman–Crippen MR) is 103 cm³/mol. The summed E-state index contributed by atoms with van der Waals surface area (Å²) in [5.41, 5.74) is 2.07. The second-order valence-electron chi connectivity index (χ2n) is 6.69. The minimum Gasteiger partial charge on any atom is -1.00 e.